The third-order valence-electron chi connectivity index (χ3n) is 3.49. The average Bonchev–Trinajstić information content (AvgIpc) is 2.62. The second-order valence-electron chi connectivity index (χ2n) is 5.94. The number of urea groups is 1. The minimum absolute atomic E-state index is 0.424. The van der Waals surface area contributed by atoms with Crippen molar-refractivity contribution in [3.8, 4) is 0 Å². The molecule has 0 aromatic rings. The molecule has 5 atom stereocenters. The van der Waals surface area contributed by atoms with Gasteiger partial charge in [-0.1, -0.05) is 5.11 Å². The zero-order chi connectivity index (χ0) is 22.8. The molecule has 1 aliphatic rings. The van der Waals surface area contributed by atoms with E-state index in [0.717, 1.165) is 34.8 Å². The molecule has 1 fully saturated rings. The van der Waals surface area contributed by atoms with Gasteiger partial charge in [-0.15, -0.1) is 0 Å². The maximum atomic E-state index is 12.0. The van der Waals surface area contributed by atoms with Gasteiger partial charge >= 0.3 is 29.9 Å². The monoisotopic (exact) mass is 433 g/mol. The van der Waals surface area contributed by atoms with Crippen LogP contribution >= 0.6 is 0 Å². The lowest BCUT2D eigenvalue weighted by Gasteiger charge is -2.44. The van der Waals surface area contributed by atoms with Gasteiger partial charge in [-0.3, -0.25) is 19.2 Å². The summed E-state index contributed by atoms with van der Waals surface area (Å²) in [5.74, 6) is -3.03. The minimum atomic E-state index is -1.51. The lowest BCUT2D eigenvalue weighted by Crippen LogP contribution is -2.66. The van der Waals surface area contributed by atoms with Crippen molar-refractivity contribution in [3.05, 3.63) is 0 Å². The standard InChI is InChI=1S/C16H23N3O11/c1-7(20)26-6-11-13(27-8(2)21)14(28-9(3)22)12(15(30-11)29-10(4)23)17-16(24)18-19-25-5/h11-15H,6H2,1-5H3,(H,17,24)/b19-18+/t11-,12+,13-,14-,15+/m1/s1. The highest BCUT2D eigenvalue weighted by atomic mass is 16.7. The Morgan fingerprint density at radius 2 is 1.43 bits per heavy atom. The van der Waals surface area contributed by atoms with Crippen molar-refractivity contribution >= 4 is 29.9 Å². The molecule has 0 saturated carbocycles. The Bertz CT molecular complexity index is 696. The molecule has 0 bridgehead atoms. The first-order valence-corrected chi connectivity index (χ1v) is 8.60. The number of carbonyl (C=O) groups is 5. The Labute approximate surface area is 171 Å². The number of amides is 2. The number of nitrogens with zero attached hydrogens (tertiary/aromatic N) is 2. The molecular formula is C16H23N3O11. The molecular weight excluding hydrogens is 410 g/mol. The number of hydrogen-bond acceptors (Lipinski definition) is 12. The normalized spacial score (nSPS) is 25.7. The molecule has 1 aliphatic heterocycles. The molecule has 0 spiro atoms. The first kappa shape index (κ1) is 24.7. The van der Waals surface area contributed by atoms with Crippen LogP contribution in [0.4, 0.5) is 4.79 Å². The van der Waals surface area contributed by atoms with Crippen molar-refractivity contribution < 1.29 is 52.5 Å². The van der Waals surface area contributed by atoms with E-state index in [1.54, 1.807) is 0 Å². The van der Waals surface area contributed by atoms with E-state index in [1.165, 1.54) is 0 Å². The van der Waals surface area contributed by atoms with Crippen LogP contribution in [0.25, 0.3) is 0 Å². The zero-order valence-electron chi connectivity index (χ0n) is 17.0. The van der Waals surface area contributed by atoms with Crippen molar-refractivity contribution in [3.63, 3.8) is 0 Å². The quantitative estimate of drug-likeness (QED) is 0.243. The number of ether oxygens (including phenoxy) is 5. The second-order valence-corrected chi connectivity index (χ2v) is 5.94. The molecule has 0 unspecified atom stereocenters. The van der Waals surface area contributed by atoms with Crippen LogP contribution in [-0.4, -0.2) is 74.3 Å². The Balaban J connectivity index is 3.33. The third kappa shape index (κ3) is 7.98. The van der Waals surface area contributed by atoms with Crippen LogP contribution in [0.3, 0.4) is 0 Å². The summed E-state index contributed by atoms with van der Waals surface area (Å²) < 4.78 is 26.0. The summed E-state index contributed by atoms with van der Waals surface area (Å²) in [6.45, 7) is 3.96. The fourth-order valence-electron chi connectivity index (χ4n) is 2.57. The van der Waals surface area contributed by atoms with E-state index in [1.807, 2.05) is 0 Å². The third-order valence-corrected chi connectivity index (χ3v) is 3.49. The van der Waals surface area contributed by atoms with Crippen molar-refractivity contribution in [1.82, 2.24) is 5.32 Å². The summed E-state index contributed by atoms with van der Waals surface area (Å²) >= 11 is 0. The summed E-state index contributed by atoms with van der Waals surface area (Å²) in [5, 5.41) is 8.52. The predicted molar refractivity (Wildman–Crippen MR) is 92.4 cm³/mol. The Morgan fingerprint density at radius 1 is 0.867 bits per heavy atom. The largest absolute Gasteiger partial charge is 0.463 e. The molecule has 1 rings (SSSR count). The Kier molecular flexibility index (Phi) is 9.61. The van der Waals surface area contributed by atoms with Crippen LogP contribution < -0.4 is 5.32 Å². The number of rotatable bonds is 7. The maximum absolute atomic E-state index is 12.0. The van der Waals surface area contributed by atoms with E-state index in [0.29, 0.717) is 0 Å². The first-order valence-electron chi connectivity index (χ1n) is 8.60. The molecule has 14 nitrogen and oxygen atoms in total. The van der Waals surface area contributed by atoms with E-state index in [-0.39, 0.29) is 0 Å². The van der Waals surface area contributed by atoms with Gasteiger partial charge in [0.05, 0.1) is 0 Å². The molecule has 1 saturated heterocycles. The molecule has 2 amide bonds. The van der Waals surface area contributed by atoms with E-state index in [4.69, 9.17) is 23.7 Å². The number of carbonyl (C=O) groups excluding carboxylic acids is 5. The van der Waals surface area contributed by atoms with Crippen molar-refractivity contribution in [2.45, 2.75) is 58.3 Å². The van der Waals surface area contributed by atoms with Gasteiger partial charge in [0.15, 0.2) is 12.2 Å². The molecule has 0 aliphatic carbocycles. The highest BCUT2D eigenvalue weighted by Gasteiger charge is 2.52. The molecule has 14 heteroatoms. The highest BCUT2D eigenvalue weighted by molar-refractivity contribution is 5.75. The number of nitrogens with one attached hydrogen (secondary N) is 1. The number of hydrogen-bond donors (Lipinski definition) is 1. The fourth-order valence-corrected chi connectivity index (χ4v) is 2.57. The van der Waals surface area contributed by atoms with E-state index >= 15 is 0 Å². The summed E-state index contributed by atoms with van der Waals surface area (Å²) in [6.07, 6.45) is -5.44. The topological polar surface area (TPSA) is 177 Å². The second kappa shape index (κ2) is 11.6. The molecule has 0 aromatic carbocycles. The van der Waals surface area contributed by atoms with E-state index < -0.39 is 67.2 Å². The van der Waals surface area contributed by atoms with Crippen LogP contribution in [0.5, 0.6) is 0 Å². The van der Waals surface area contributed by atoms with Crippen LogP contribution in [-0.2, 0) is 47.7 Å². The smallest absolute Gasteiger partial charge is 0.362 e. The fraction of sp³-hybridized carbons (Fsp3) is 0.688. The van der Waals surface area contributed by atoms with Crippen molar-refractivity contribution in [2.75, 3.05) is 13.7 Å². The van der Waals surface area contributed by atoms with Gasteiger partial charge in [-0.05, 0) is 0 Å². The summed E-state index contributed by atoms with van der Waals surface area (Å²) in [4.78, 5) is 62.3. The van der Waals surface area contributed by atoms with Gasteiger partial charge in [0.25, 0.3) is 0 Å². The predicted octanol–water partition coefficient (Wildman–Crippen LogP) is -0.207. The summed E-state index contributed by atoms with van der Waals surface area (Å²) in [6, 6.07) is -2.42. The van der Waals surface area contributed by atoms with Crippen LogP contribution in [0.1, 0.15) is 27.7 Å². The highest BCUT2D eigenvalue weighted by Crippen LogP contribution is 2.28. The van der Waals surface area contributed by atoms with E-state index in [9.17, 15) is 24.0 Å². The van der Waals surface area contributed by atoms with Crippen molar-refractivity contribution in [1.29, 1.82) is 0 Å². The summed E-state index contributed by atoms with van der Waals surface area (Å²) in [5.41, 5.74) is 0. The molecule has 0 radical (unpaired) electrons. The lowest BCUT2D eigenvalue weighted by atomic mass is 9.96. The van der Waals surface area contributed by atoms with Gasteiger partial charge < -0.3 is 33.8 Å². The molecule has 0 aromatic heterocycles. The zero-order valence-corrected chi connectivity index (χ0v) is 17.0. The van der Waals surface area contributed by atoms with Gasteiger partial charge in [0.1, 0.15) is 25.9 Å². The van der Waals surface area contributed by atoms with Gasteiger partial charge in [0, 0.05) is 33.0 Å². The summed E-state index contributed by atoms with van der Waals surface area (Å²) in [7, 11) is 1.15. The van der Waals surface area contributed by atoms with Crippen LogP contribution in [0.15, 0.2) is 10.4 Å². The molecule has 1 heterocycles. The van der Waals surface area contributed by atoms with Crippen molar-refractivity contribution in [2.24, 2.45) is 10.4 Å². The van der Waals surface area contributed by atoms with Gasteiger partial charge in [0.2, 0.25) is 6.29 Å². The average molecular weight is 433 g/mol. The van der Waals surface area contributed by atoms with Crippen LogP contribution in [0.2, 0.25) is 0 Å². The van der Waals surface area contributed by atoms with Crippen LogP contribution in [0, 0.1) is 0 Å². The number of esters is 4. The van der Waals surface area contributed by atoms with E-state index in [2.05, 4.69) is 20.5 Å². The van der Waals surface area contributed by atoms with Gasteiger partial charge in [-0.2, -0.15) is 0 Å². The van der Waals surface area contributed by atoms with Gasteiger partial charge in [-0.25, -0.2) is 4.79 Å². The maximum Gasteiger partial charge on any atom is 0.362 e. The minimum Gasteiger partial charge on any atom is -0.463 e. The molecule has 1 N–H and O–H groups in total. The first-order chi connectivity index (χ1) is 14.0. The molecule has 168 valence electrons. The Hall–Kier alpha value is -3.29. The Morgan fingerprint density at radius 3 is 1.93 bits per heavy atom. The molecule has 30 heavy (non-hydrogen) atoms. The SMILES string of the molecule is CO/N=N/C(=O)N[C@@H]1[C@@H](OC(C)=O)O[C@H](COC(C)=O)[C@@H](OC(C)=O)[C@@H]1OC(C)=O. The lowest BCUT2D eigenvalue weighted by molar-refractivity contribution is -0.270.